The Morgan fingerprint density at radius 1 is 0.935 bits per heavy atom. The zero-order valence-electron chi connectivity index (χ0n) is 17.8. The maximum atomic E-state index is 13.3. The van der Waals surface area contributed by atoms with Gasteiger partial charge in [-0.3, -0.25) is 9.59 Å². The number of rotatable bonds is 6. The average Bonchev–Trinajstić information content (AvgIpc) is 3.12. The van der Waals surface area contributed by atoms with Crippen molar-refractivity contribution >= 4 is 22.9 Å². The molecule has 1 N–H and O–H groups in total. The number of carbonyl (C=O) groups is 2. The molecule has 0 bridgehead atoms. The van der Waals surface area contributed by atoms with E-state index in [1.807, 2.05) is 87.5 Å². The highest BCUT2D eigenvalue weighted by Crippen LogP contribution is 2.30. The topological polar surface area (TPSA) is 59.8 Å². The van der Waals surface area contributed by atoms with Crippen molar-refractivity contribution in [1.29, 1.82) is 0 Å². The monoisotopic (exact) mass is 412 g/mol. The van der Waals surface area contributed by atoms with Gasteiger partial charge < -0.3 is 14.5 Å². The summed E-state index contributed by atoms with van der Waals surface area (Å²) in [6, 6.07) is 20.8. The number of anilines is 1. The van der Waals surface area contributed by atoms with Crippen molar-refractivity contribution in [2.75, 3.05) is 11.9 Å². The average molecular weight is 412 g/mol. The molecule has 0 radical (unpaired) electrons. The Balaban J connectivity index is 1.74. The number of ketones is 1. The van der Waals surface area contributed by atoms with Gasteiger partial charge in [0.05, 0.1) is 6.61 Å². The highest BCUT2D eigenvalue weighted by Gasteiger charge is 2.25. The number of pyridine rings is 1. The lowest BCUT2D eigenvalue weighted by Gasteiger charge is -2.09. The van der Waals surface area contributed by atoms with Crippen LogP contribution in [-0.2, 0) is 4.79 Å². The van der Waals surface area contributed by atoms with Crippen LogP contribution in [0.2, 0.25) is 0 Å². The van der Waals surface area contributed by atoms with Crippen molar-refractivity contribution in [3.63, 3.8) is 0 Å². The number of Topliss-reactive ketones (excluding diaryl/α,β-unsaturated/α-hetero) is 1. The molecular weight excluding hydrogens is 388 g/mol. The van der Waals surface area contributed by atoms with E-state index in [1.165, 1.54) is 0 Å². The van der Waals surface area contributed by atoms with Crippen LogP contribution in [0.1, 0.15) is 28.5 Å². The Bertz CT molecular complexity index is 1250. The lowest BCUT2D eigenvalue weighted by Crippen LogP contribution is -2.24. The first-order valence-corrected chi connectivity index (χ1v) is 10.2. The van der Waals surface area contributed by atoms with Gasteiger partial charge >= 0.3 is 0 Å². The fourth-order valence-electron chi connectivity index (χ4n) is 3.81. The minimum absolute atomic E-state index is 0.335. The molecule has 1 amide bonds. The van der Waals surface area contributed by atoms with E-state index in [9.17, 15) is 9.59 Å². The summed E-state index contributed by atoms with van der Waals surface area (Å²) in [4.78, 5) is 26.2. The molecule has 0 atom stereocenters. The number of benzene rings is 2. The smallest absolute Gasteiger partial charge is 0.298 e. The molecule has 5 heteroatoms. The number of fused-ring (bicyclic) bond motifs is 1. The molecule has 4 rings (SSSR count). The Morgan fingerprint density at radius 3 is 2.32 bits per heavy atom. The number of amides is 1. The molecule has 0 spiro atoms. The quantitative estimate of drug-likeness (QED) is 0.339. The van der Waals surface area contributed by atoms with Crippen LogP contribution in [0, 0.1) is 13.8 Å². The first-order valence-electron chi connectivity index (χ1n) is 10.2. The Morgan fingerprint density at radius 2 is 1.65 bits per heavy atom. The molecule has 156 valence electrons. The van der Waals surface area contributed by atoms with E-state index in [2.05, 4.69) is 5.32 Å². The van der Waals surface area contributed by atoms with E-state index >= 15 is 0 Å². The van der Waals surface area contributed by atoms with Crippen molar-refractivity contribution in [2.24, 2.45) is 0 Å². The van der Waals surface area contributed by atoms with E-state index in [0.717, 1.165) is 28.0 Å². The fraction of sp³-hybridized carbons (Fsp3) is 0.154. The van der Waals surface area contributed by atoms with Gasteiger partial charge in [-0.25, -0.2) is 0 Å². The number of aromatic nitrogens is 1. The van der Waals surface area contributed by atoms with E-state index in [1.54, 1.807) is 10.6 Å². The molecule has 0 saturated heterocycles. The molecule has 4 aromatic rings. The molecule has 0 saturated carbocycles. The lowest BCUT2D eigenvalue weighted by atomic mass is 10.0. The molecule has 31 heavy (non-hydrogen) atoms. The second kappa shape index (κ2) is 8.48. The SMILES string of the molecule is CCOc1ccc(-c2cc3ccccn3c2C(=O)C(=O)Nc2cc(C)cc(C)c2)cc1. The van der Waals surface area contributed by atoms with E-state index < -0.39 is 11.7 Å². The van der Waals surface area contributed by atoms with Gasteiger partial charge in [-0.05, 0) is 79.9 Å². The summed E-state index contributed by atoms with van der Waals surface area (Å²) in [5.41, 5.74) is 5.37. The molecule has 0 fully saturated rings. The van der Waals surface area contributed by atoms with Crippen LogP contribution in [-0.4, -0.2) is 22.7 Å². The van der Waals surface area contributed by atoms with Crippen molar-refractivity contribution in [2.45, 2.75) is 20.8 Å². The highest BCUT2D eigenvalue weighted by atomic mass is 16.5. The van der Waals surface area contributed by atoms with Gasteiger partial charge in [0.25, 0.3) is 11.7 Å². The van der Waals surface area contributed by atoms with Crippen LogP contribution in [0.3, 0.4) is 0 Å². The summed E-state index contributed by atoms with van der Waals surface area (Å²) in [6.45, 7) is 6.42. The second-order valence-corrected chi connectivity index (χ2v) is 7.52. The van der Waals surface area contributed by atoms with Crippen molar-refractivity contribution in [3.05, 3.63) is 89.7 Å². The largest absolute Gasteiger partial charge is 0.494 e. The number of aryl methyl sites for hydroxylation is 2. The zero-order chi connectivity index (χ0) is 22.0. The van der Waals surface area contributed by atoms with Gasteiger partial charge in [-0.2, -0.15) is 0 Å². The predicted molar refractivity (Wildman–Crippen MR) is 123 cm³/mol. The van der Waals surface area contributed by atoms with Crippen molar-refractivity contribution in [3.8, 4) is 16.9 Å². The molecule has 2 aromatic carbocycles. The minimum atomic E-state index is -0.666. The summed E-state index contributed by atoms with van der Waals surface area (Å²) in [5, 5.41) is 2.76. The number of hydrogen-bond donors (Lipinski definition) is 1. The van der Waals surface area contributed by atoms with E-state index in [-0.39, 0.29) is 0 Å². The Kier molecular flexibility index (Phi) is 5.58. The normalized spacial score (nSPS) is 10.8. The van der Waals surface area contributed by atoms with Crippen LogP contribution < -0.4 is 10.1 Å². The molecule has 0 aliphatic rings. The molecule has 0 aliphatic carbocycles. The molecule has 0 aliphatic heterocycles. The molecule has 5 nitrogen and oxygen atoms in total. The number of nitrogens with one attached hydrogen (secondary N) is 1. The van der Waals surface area contributed by atoms with Gasteiger partial charge in [0.1, 0.15) is 11.4 Å². The zero-order valence-corrected chi connectivity index (χ0v) is 17.8. The number of ether oxygens (including phenoxy) is 1. The van der Waals surface area contributed by atoms with Crippen LogP contribution in [0.15, 0.2) is 72.9 Å². The fourth-order valence-corrected chi connectivity index (χ4v) is 3.81. The Hall–Kier alpha value is -3.86. The van der Waals surface area contributed by atoms with Crippen LogP contribution in [0.5, 0.6) is 5.75 Å². The van der Waals surface area contributed by atoms with Crippen LogP contribution >= 0.6 is 0 Å². The Labute approximate surface area is 181 Å². The first kappa shape index (κ1) is 20.4. The molecule has 2 aromatic heterocycles. The number of hydrogen-bond acceptors (Lipinski definition) is 3. The molecule has 0 unspecified atom stereocenters. The first-order chi connectivity index (χ1) is 15.0. The van der Waals surface area contributed by atoms with Gasteiger partial charge in [0.15, 0.2) is 0 Å². The maximum Gasteiger partial charge on any atom is 0.298 e. The van der Waals surface area contributed by atoms with Crippen molar-refractivity contribution in [1.82, 2.24) is 4.40 Å². The summed E-state index contributed by atoms with van der Waals surface area (Å²) < 4.78 is 7.28. The number of nitrogens with zero attached hydrogens (tertiary/aromatic N) is 1. The third-order valence-electron chi connectivity index (χ3n) is 5.06. The van der Waals surface area contributed by atoms with Crippen LogP contribution in [0.25, 0.3) is 16.6 Å². The summed E-state index contributed by atoms with van der Waals surface area (Å²) >= 11 is 0. The standard InChI is InChI=1S/C26H24N2O3/c1-4-31-22-10-8-19(9-11-22)23-16-21-7-5-6-12-28(21)24(23)25(29)26(30)27-20-14-17(2)13-18(3)15-20/h5-16H,4H2,1-3H3,(H,27,30). The third-order valence-corrected chi connectivity index (χ3v) is 5.06. The van der Waals surface area contributed by atoms with Crippen LogP contribution in [0.4, 0.5) is 5.69 Å². The maximum absolute atomic E-state index is 13.3. The summed E-state index contributed by atoms with van der Waals surface area (Å²) in [6.07, 6.45) is 1.80. The van der Waals surface area contributed by atoms with Gasteiger partial charge in [-0.15, -0.1) is 0 Å². The predicted octanol–water partition coefficient (Wildman–Crippen LogP) is 5.44. The third kappa shape index (κ3) is 4.21. The number of carbonyl (C=O) groups excluding carboxylic acids is 2. The van der Waals surface area contributed by atoms with Crippen molar-refractivity contribution < 1.29 is 14.3 Å². The molecule has 2 heterocycles. The summed E-state index contributed by atoms with van der Waals surface area (Å²) in [7, 11) is 0. The van der Waals surface area contributed by atoms with E-state index in [4.69, 9.17) is 4.74 Å². The van der Waals surface area contributed by atoms with Gasteiger partial charge in [0, 0.05) is 23.0 Å². The lowest BCUT2D eigenvalue weighted by molar-refractivity contribution is -0.112. The minimum Gasteiger partial charge on any atom is -0.494 e. The summed E-state index contributed by atoms with van der Waals surface area (Å²) in [5.74, 6) is -0.495. The van der Waals surface area contributed by atoms with Gasteiger partial charge in [-0.1, -0.05) is 24.3 Å². The molecular formula is C26H24N2O3. The van der Waals surface area contributed by atoms with Gasteiger partial charge in [0.2, 0.25) is 0 Å². The second-order valence-electron chi connectivity index (χ2n) is 7.52. The van der Waals surface area contributed by atoms with E-state index in [0.29, 0.717) is 23.6 Å². The highest BCUT2D eigenvalue weighted by molar-refractivity contribution is 6.47.